The lowest BCUT2D eigenvalue weighted by molar-refractivity contribution is -0.0000126. The highest BCUT2D eigenvalue weighted by molar-refractivity contribution is 9.10. The summed E-state index contributed by atoms with van der Waals surface area (Å²) in [6.45, 7) is 0. The molecule has 8 heteroatoms. The maximum absolute atomic E-state index is 12.1. The van der Waals surface area contributed by atoms with Crippen LogP contribution in [-0.4, -0.2) is 21.7 Å². The fourth-order valence-electron chi connectivity index (χ4n) is 1.85. The average Bonchev–Trinajstić information content (AvgIpc) is 3.02. The van der Waals surface area contributed by atoms with Crippen molar-refractivity contribution in [3.8, 4) is 11.5 Å². The molecule has 0 amide bonds. The zero-order valence-electron chi connectivity index (χ0n) is 12.1. The highest BCUT2D eigenvalue weighted by atomic mass is 79.9. The molecular formula is C16H10Br2ClN2O2S-. The summed E-state index contributed by atoms with van der Waals surface area (Å²) in [6, 6.07) is 14.4. The molecule has 0 unspecified atom stereocenters. The molecule has 0 fully saturated rings. The molecule has 0 aliphatic heterocycles. The Balaban J connectivity index is 0.00000208. The molecule has 2 aromatic carbocycles. The summed E-state index contributed by atoms with van der Waals surface area (Å²) in [5, 5.41) is 8.93. The van der Waals surface area contributed by atoms with Crippen molar-refractivity contribution < 1.29 is 26.2 Å². The molecule has 1 heterocycles. The van der Waals surface area contributed by atoms with E-state index < -0.39 is 0 Å². The molecule has 0 saturated heterocycles. The van der Waals surface area contributed by atoms with Crippen LogP contribution in [0.2, 0.25) is 5.02 Å². The summed E-state index contributed by atoms with van der Waals surface area (Å²) in [5.74, 6) is 0.628. The second-order valence-corrected chi connectivity index (χ2v) is 6.88. The van der Waals surface area contributed by atoms with E-state index in [0.29, 0.717) is 21.7 Å². The van der Waals surface area contributed by atoms with Crippen molar-refractivity contribution in [2.45, 2.75) is 5.22 Å². The van der Waals surface area contributed by atoms with Crippen molar-refractivity contribution >= 4 is 45.1 Å². The van der Waals surface area contributed by atoms with Gasteiger partial charge < -0.3 is 21.4 Å². The van der Waals surface area contributed by atoms with E-state index in [1.165, 1.54) is 11.8 Å². The van der Waals surface area contributed by atoms with Crippen molar-refractivity contribution in [3.63, 3.8) is 0 Å². The number of carbonyl (C=O) groups excluding carboxylic acids is 1. The lowest BCUT2D eigenvalue weighted by atomic mass is 10.1. The minimum absolute atomic E-state index is 0. The SMILES string of the molecule is O=C(CSc1nnc(-c2cccc(Br)c2)o1)c1ccc(Cl)cc1.[Br-]. The number of benzene rings is 2. The fourth-order valence-corrected chi connectivity index (χ4v) is 3.04. The lowest BCUT2D eigenvalue weighted by Gasteiger charge is -1.99. The van der Waals surface area contributed by atoms with Crippen LogP contribution < -0.4 is 17.0 Å². The third-order valence-corrected chi connectivity index (χ3v) is 4.53. The highest BCUT2D eigenvalue weighted by Gasteiger charge is 2.12. The van der Waals surface area contributed by atoms with E-state index in [0.717, 1.165) is 10.0 Å². The number of Topliss-reactive ketones (excluding diaryl/α,β-unsaturated/α-hetero) is 1. The molecular weight excluding hydrogens is 480 g/mol. The molecule has 0 atom stereocenters. The third-order valence-electron chi connectivity index (χ3n) is 2.97. The Hall–Kier alpha value is -1.15. The molecule has 0 aliphatic rings. The number of rotatable bonds is 5. The van der Waals surface area contributed by atoms with Crippen LogP contribution in [0.15, 0.2) is 62.6 Å². The Morgan fingerprint density at radius 3 is 2.62 bits per heavy atom. The minimum atomic E-state index is -0.0196. The molecule has 0 bridgehead atoms. The Morgan fingerprint density at radius 1 is 1.17 bits per heavy atom. The third kappa shape index (κ3) is 4.92. The number of aromatic nitrogens is 2. The molecule has 0 saturated carbocycles. The number of hydrogen-bond donors (Lipinski definition) is 0. The van der Waals surface area contributed by atoms with Crippen LogP contribution in [0.4, 0.5) is 0 Å². The summed E-state index contributed by atoms with van der Waals surface area (Å²) in [5.41, 5.74) is 1.43. The van der Waals surface area contributed by atoms with Gasteiger partial charge in [-0.25, -0.2) is 0 Å². The average molecular weight is 490 g/mol. The van der Waals surface area contributed by atoms with Crippen molar-refractivity contribution in [2.75, 3.05) is 5.75 Å². The maximum Gasteiger partial charge on any atom is 0.277 e. The predicted molar refractivity (Wildman–Crippen MR) is 93.9 cm³/mol. The van der Waals surface area contributed by atoms with Crippen LogP contribution in [0.5, 0.6) is 0 Å². The second kappa shape index (κ2) is 8.80. The summed E-state index contributed by atoms with van der Waals surface area (Å²) < 4.78 is 6.51. The van der Waals surface area contributed by atoms with Crippen molar-refractivity contribution in [2.24, 2.45) is 0 Å². The zero-order chi connectivity index (χ0) is 16.2. The molecule has 4 nitrogen and oxygen atoms in total. The van der Waals surface area contributed by atoms with Crippen LogP contribution in [-0.2, 0) is 0 Å². The molecule has 3 rings (SSSR count). The van der Waals surface area contributed by atoms with Gasteiger partial charge in [-0.15, -0.1) is 10.2 Å². The first-order valence-corrected chi connectivity index (χ1v) is 8.78. The first-order chi connectivity index (χ1) is 11.1. The van der Waals surface area contributed by atoms with Crippen molar-refractivity contribution in [3.05, 3.63) is 63.6 Å². The van der Waals surface area contributed by atoms with Gasteiger partial charge in [0, 0.05) is 20.6 Å². The Labute approximate surface area is 166 Å². The van der Waals surface area contributed by atoms with Gasteiger partial charge in [-0.1, -0.05) is 45.4 Å². The quantitative estimate of drug-likeness (QED) is 0.406. The molecule has 0 spiro atoms. The van der Waals surface area contributed by atoms with Crippen LogP contribution in [0, 0.1) is 0 Å². The number of halogens is 3. The molecule has 1 aromatic heterocycles. The number of carbonyl (C=O) groups is 1. The standard InChI is InChI=1S/C16H10BrClN2O2S.BrH/c17-12-3-1-2-11(8-12)15-19-20-16(22-15)23-9-14(21)10-4-6-13(18)7-5-10;/h1-8H,9H2;1H/p-1. The molecule has 24 heavy (non-hydrogen) atoms. The van der Waals surface area contributed by atoms with Crippen LogP contribution in [0.25, 0.3) is 11.5 Å². The molecule has 0 aliphatic carbocycles. The first kappa shape index (κ1) is 19.2. The highest BCUT2D eigenvalue weighted by Crippen LogP contribution is 2.25. The van der Waals surface area contributed by atoms with Gasteiger partial charge in [0.2, 0.25) is 5.89 Å². The van der Waals surface area contributed by atoms with Gasteiger partial charge in [0.1, 0.15) is 0 Å². The Bertz CT molecular complexity index is 840. The number of nitrogens with zero attached hydrogens (tertiary/aromatic N) is 2. The smallest absolute Gasteiger partial charge is 0.277 e. The van der Waals surface area contributed by atoms with Gasteiger partial charge in [0.25, 0.3) is 5.22 Å². The van der Waals surface area contributed by atoms with E-state index in [2.05, 4.69) is 26.1 Å². The number of thioether (sulfide) groups is 1. The summed E-state index contributed by atoms with van der Waals surface area (Å²) >= 11 is 10.4. The first-order valence-electron chi connectivity index (χ1n) is 6.63. The number of ketones is 1. The summed E-state index contributed by atoms with van der Waals surface area (Å²) in [7, 11) is 0. The topological polar surface area (TPSA) is 56.0 Å². The van der Waals surface area contributed by atoms with E-state index in [-0.39, 0.29) is 28.5 Å². The number of hydrogen-bond acceptors (Lipinski definition) is 5. The van der Waals surface area contributed by atoms with E-state index in [9.17, 15) is 4.79 Å². The lowest BCUT2D eigenvalue weighted by Crippen LogP contribution is -3.00. The van der Waals surface area contributed by atoms with Crippen LogP contribution in [0.1, 0.15) is 10.4 Å². The van der Waals surface area contributed by atoms with Crippen LogP contribution >= 0.6 is 39.3 Å². The Morgan fingerprint density at radius 2 is 1.92 bits per heavy atom. The van der Waals surface area contributed by atoms with Gasteiger partial charge in [0.15, 0.2) is 5.78 Å². The van der Waals surface area contributed by atoms with E-state index in [1.807, 2.05) is 24.3 Å². The normalized spacial score (nSPS) is 10.2. The monoisotopic (exact) mass is 487 g/mol. The van der Waals surface area contributed by atoms with E-state index in [4.69, 9.17) is 16.0 Å². The molecule has 0 radical (unpaired) electrons. The van der Waals surface area contributed by atoms with Gasteiger partial charge >= 0.3 is 0 Å². The van der Waals surface area contributed by atoms with E-state index >= 15 is 0 Å². The predicted octanol–water partition coefficient (Wildman–Crippen LogP) is 2.13. The Kier molecular flexibility index (Phi) is 7.03. The zero-order valence-corrected chi connectivity index (χ0v) is 16.8. The molecule has 124 valence electrons. The van der Waals surface area contributed by atoms with E-state index in [1.54, 1.807) is 24.3 Å². The van der Waals surface area contributed by atoms with Gasteiger partial charge in [-0.3, -0.25) is 4.79 Å². The van der Waals surface area contributed by atoms with Gasteiger partial charge in [-0.05, 0) is 42.5 Å². The van der Waals surface area contributed by atoms with Crippen molar-refractivity contribution in [1.29, 1.82) is 0 Å². The van der Waals surface area contributed by atoms with Gasteiger partial charge in [0.05, 0.1) is 5.75 Å². The molecule has 3 aromatic rings. The maximum atomic E-state index is 12.1. The van der Waals surface area contributed by atoms with Gasteiger partial charge in [-0.2, -0.15) is 0 Å². The largest absolute Gasteiger partial charge is 1.00 e. The minimum Gasteiger partial charge on any atom is -1.00 e. The summed E-state index contributed by atoms with van der Waals surface area (Å²) in [4.78, 5) is 12.1. The summed E-state index contributed by atoms with van der Waals surface area (Å²) in [6.07, 6.45) is 0. The molecule has 0 N–H and O–H groups in total. The second-order valence-electron chi connectivity index (χ2n) is 4.60. The van der Waals surface area contributed by atoms with Crippen LogP contribution in [0.3, 0.4) is 0 Å². The fraction of sp³-hybridized carbons (Fsp3) is 0.0625. The van der Waals surface area contributed by atoms with Crippen molar-refractivity contribution in [1.82, 2.24) is 10.2 Å².